The molecule has 1 aromatic carbocycles. The van der Waals surface area contributed by atoms with Crippen LogP contribution in [0.5, 0.6) is 0 Å². The highest BCUT2D eigenvalue weighted by atomic mass is 127. The van der Waals surface area contributed by atoms with Crippen LogP contribution in [0.15, 0.2) is 46.1 Å². The van der Waals surface area contributed by atoms with Crippen LogP contribution in [0, 0.1) is 0 Å². The largest absolute Gasteiger partial charge is 0.352 e. The Labute approximate surface area is 182 Å². The van der Waals surface area contributed by atoms with E-state index in [1.165, 1.54) is 16.7 Å². The molecule has 2 aromatic rings. The zero-order valence-electron chi connectivity index (χ0n) is 15.9. The first kappa shape index (κ1) is 21.7. The smallest absolute Gasteiger partial charge is 0.222 e. The van der Waals surface area contributed by atoms with Gasteiger partial charge in [-0.25, -0.2) is 0 Å². The number of carbonyl (C=O) groups is 1. The first-order valence-corrected chi connectivity index (χ1v) is 9.88. The SMILES string of the molecule is CN=C(NCc1cccc(CN2CCCC2=O)c1)N(C)Cc1ccsc1.I. The second-order valence-corrected chi connectivity index (χ2v) is 7.41. The normalized spacial score (nSPS) is 14.2. The van der Waals surface area contributed by atoms with Crippen LogP contribution in [0.2, 0.25) is 0 Å². The Morgan fingerprint density at radius 3 is 2.78 bits per heavy atom. The highest BCUT2D eigenvalue weighted by Crippen LogP contribution is 2.15. The highest BCUT2D eigenvalue weighted by Gasteiger charge is 2.19. The molecule has 1 aromatic heterocycles. The number of halogens is 1. The lowest BCUT2D eigenvalue weighted by Crippen LogP contribution is -2.37. The van der Waals surface area contributed by atoms with Crippen molar-refractivity contribution < 1.29 is 4.79 Å². The second-order valence-electron chi connectivity index (χ2n) is 6.63. The summed E-state index contributed by atoms with van der Waals surface area (Å²) < 4.78 is 0. The lowest BCUT2D eigenvalue weighted by atomic mass is 10.1. The van der Waals surface area contributed by atoms with Gasteiger partial charge in [0.1, 0.15) is 0 Å². The van der Waals surface area contributed by atoms with Crippen molar-refractivity contribution in [3.05, 3.63) is 57.8 Å². The van der Waals surface area contributed by atoms with Crippen molar-refractivity contribution in [1.82, 2.24) is 15.1 Å². The number of hydrogen-bond acceptors (Lipinski definition) is 3. The van der Waals surface area contributed by atoms with Crippen LogP contribution >= 0.6 is 35.3 Å². The summed E-state index contributed by atoms with van der Waals surface area (Å²) in [6.07, 6.45) is 1.67. The third-order valence-electron chi connectivity index (χ3n) is 4.56. The van der Waals surface area contributed by atoms with Gasteiger partial charge >= 0.3 is 0 Å². The van der Waals surface area contributed by atoms with Gasteiger partial charge in [0.05, 0.1) is 0 Å². The van der Waals surface area contributed by atoms with Crippen molar-refractivity contribution in [2.24, 2.45) is 4.99 Å². The van der Waals surface area contributed by atoms with Gasteiger partial charge in [0.25, 0.3) is 0 Å². The first-order chi connectivity index (χ1) is 12.7. The standard InChI is InChI=1S/C20H26N4OS.HI/c1-21-20(23(2)13-18-8-10-26-15-18)22-12-16-5-3-6-17(11-16)14-24-9-4-7-19(24)25;/h3,5-6,8,10-11,15H,4,7,9,12-14H2,1-2H3,(H,21,22);1H. The number of amides is 1. The van der Waals surface area contributed by atoms with Crippen LogP contribution in [0.25, 0.3) is 0 Å². The summed E-state index contributed by atoms with van der Waals surface area (Å²) in [6, 6.07) is 10.6. The van der Waals surface area contributed by atoms with E-state index in [1.807, 2.05) is 19.0 Å². The molecule has 7 heteroatoms. The van der Waals surface area contributed by atoms with Gasteiger partial charge in [0.15, 0.2) is 5.96 Å². The fourth-order valence-electron chi connectivity index (χ4n) is 3.23. The summed E-state index contributed by atoms with van der Waals surface area (Å²) in [7, 11) is 3.85. The van der Waals surface area contributed by atoms with E-state index in [-0.39, 0.29) is 29.9 Å². The molecule has 0 atom stereocenters. The molecule has 2 heterocycles. The minimum Gasteiger partial charge on any atom is -0.352 e. The number of thiophene rings is 1. The Hall–Kier alpha value is -1.61. The Bertz CT molecular complexity index is 763. The van der Waals surface area contributed by atoms with Gasteiger partial charge in [0.2, 0.25) is 5.91 Å². The molecule has 1 saturated heterocycles. The molecule has 5 nitrogen and oxygen atoms in total. The minimum atomic E-state index is 0. The van der Waals surface area contributed by atoms with E-state index in [4.69, 9.17) is 0 Å². The number of nitrogens with zero attached hydrogens (tertiary/aromatic N) is 3. The number of nitrogens with one attached hydrogen (secondary N) is 1. The maximum absolute atomic E-state index is 11.8. The molecule has 3 rings (SSSR count). The molecule has 1 N–H and O–H groups in total. The van der Waals surface area contributed by atoms with E-state index in [0.29, 0.717) is 19.5 Å². The molecular formula is C20H27IN4OS. The molecule has 0 aliphatic carbocycles. The van der Waals surface area contributed by atoms with E-state index in [9.17, 15) is 4.79 Å². The zero-order chi connectivity index (χ0) is 18.4. The number of guanidine groups is 1. The molecule has 0 spiro atoms. The molecule has 0 unspecified atom stereocenters. The van der Waals surface area contributed by atoms with Gasteiger partial charge in [-0.05, 0) is 39.9 Å². The molecule has 1 amide bonds. The Balaban J connectivity index is 0.00000261. The summed E-state index contributed by atoms with van der Waals surface area (Å²) >= 11 is 1.71. The summed E-state index contributed by atoms with van der Waals surface area (Å²) in [5.74, 6) is 1.14. The molecule has 0 bridgehead atoms. The summed E-state index contributed by atoms with van der Waals surface area (Å²) in [5.41, 5.74) is 3.66. The number of aliphatic imine (C=N–C) groups is 1. The van der Waals surface area contributed by atoms with Crippen LogP contribution in [0.4, 0.5) is 0 Å². The van der Waals surface area contributed by atoms with E-state index in [1.54, 1.807) is 11.3 Å². The Kier molecular flexibility index (Phi) is 8.56. The number of hydrogen-bond donors (Lipinski definition) is 1. The van der Waals surface area contributed by atoms with Crippen LogP contribution in [-0.4, -0.2) is 42.3 Å². The second kappa shape index (κ2) is 10.7. The third-order valence-corrected chi connectivity index (χ3v) is 5.29. The van der Waals surface area contributed by atoms with Crippen molar-refractivity contribution in [3.63, 3.8) is 0 Å². The third kappa shape index (κ3) is 6.21. The van der Waals surface area contributed by atoms with Crippen LogP contribution in [0.1, 0.15) is 29.5 Å². The summed E-state index contributed by atoms with van der Waals surface area (Å²) in [5, 5.41) is 7.68. The average Bonchev–Trinajstić information content (AvgIpc) is 3.28. The van der Waals surface area contributed by atoms with E-state index in [2.05, 4.69) is 56.3 Å². The van der Waals surface area contributed by atoms with Crippen molar-refractivity contribution in [2.45, 2.75) is 32.5 Å². The monoisotopic (exact) mass is 498 g/mol. The van der Waals surface area contributed by atoms with Crippen molar-refractivity contribution in [3.8, 4) is 0 Å². The van der Waals surface area contributed by atoms with Gasteiger partial charge in [-0.3, -0.25) is 9.79 Å². The zero-order valence-corrected chi connectivity index (χ0v) is 19.0. The van der Waals surface area contributed by atoms with Gasteiger partial charge < -0.3 is 15.1 Å². The summed E-state index contributed by atoms with van der Waals surface area (Å²) in [6.45, 7) is 3.13. The molecule has 1 aliphatic rings. The van der Waals surface area contributed by atoms with Crippen molar-refractivity contribution in [2.75, 3.05) is 20.6 Å². The van der Waals surface area contributed by atoms with Gasteiger partial charge in [-0.2, -0.15) is 11.3 Å². The minimum absolute atomic E-state index is 0. The average molecular weight is 498 g/mol. The summed E-state index contributed by atoms with van der Waals surface area (Å²) in [4.78, 5) is 20.3. The van der Waals surface area contributed by atoms with E-state index >= 15 is 0 Å². The number of rotatable bonds is 6. The van der Waals surface area contributed by atoms with Gasteiger partial charge in [0, 0.05) is 46.7 Å². The molecule has 1 aliphatic heterocycles. The highest BCUT2D eigenvalue weighted by molar-refractivity contribution is 14.0. The van der Waals surface area contributed by atoms with Crippen LogP contribution < -0.4 is 5.32 Å². The predicted octanol–water partition coefficient (Wildman–Crippen LogP) is 3.70. The van der Waals surface area contributed by atoms with Crippen LogP contribution in [0.3, 0.4) is 0 Å². The van der Waals surface area contributed by atoms with Gasteiger partial charge in [-0.15, -0.1) is 24.0 Å². The quantitative estimate of drug-likeness (QED) is 0.376. The topological polar surface area (TPSA) is 47.9 Å². The lowest BCUT2D eigenvalue weighted by Gasteiger charge is -2.22. The molecule has 0 saturated carbocycles. The van der Waals surface area contributed by atoms with Crippen molar-refractivity contribution in [1.29, 1.82) is 0 Å². The maximum atomic E-state index is 11.8. The van der Waals surface area contributed by atoms with Gasteiger partial charge in [-0.1, -0.05) is 24.3 Å². The Morgan fingerprint density at radius 2 is 2.11 bits per heavy atom. The predicted molar refractivity (Wildman–Crippen MR) is 122 cm³/mol. The molecular weight excluding hydrogens is 471 g/mol. The Morgan fingerprint density at radius 1 is 1.30 bits per heavy atom. The number of carbonyl (C=O) groups excluding carboxylic acids is 1. The number of benzene rings is 1. The van der Waals surface area contributed by atoms with E-state index in [0.717, 1.165) is 25.5 Å². The number of likely N-dealkylation sites (tertiary alicyclic amines) is 1. The van der Waals surface area contributed by atoms with E-state index < -0.39 is 0 Å². The fourth-order valence-corrected chi connectivity index (χ4v) is 3.89. The fraction of sp³-hybridized carbons (Fsp3) is 0.400. The maximum Gasteiger partial charge on any atom is 0.222 e. The van der Waals surface area contributed by atoms with Crippen LogP contribution in [-0.2, 0) is 24.4 Å². The molecule has 1 fully saturated rings. The molecule has 146 valence electrons. The first-order valence-electron chi connectivity index (χ1n) is 8.94. The lowest BCUT2D eigenvalue weighted by molar-refractivity contribution is -0.128. The van der Waals surface area contributed by atoms with Crippen molar-refractivity contribution >= 4 is 47.2 Å². The molecule has 27 heavy (non-hydrogen) atoms. The molecule has 0 radical (unpaired) electrons.